The SMILES string of the molecule is CC1(C)C2CC=C(CCNc3nc(N)c4ncn([C@@H]5O[C@H](CO)[C@@H](O)[C@H]5O)c4n3)[C@H]1C2. The van der Waals surface area contributed by atoms with Gasteiger partial charge in [-0.1, -0.05) is 25.5 Å². The van der Waals surface area contributed by atoms with E-state index in [1.807, 2.05) is 0 Å². The third-order valence-corrected chi connectivity index (χ3v) is 7.52. The van der Waals surface area contributed by atoms with Gasteiger partial charge in [-0.05, 0) is 36.5 Å². The van der Waals surface area contributed by atoms with Crippen LogP contribution in [0, 0.1) is 17.3 Å². The standard InChI is InChI=1S/C21H30N6O4/c1-21(2)11-4-3-10(12(21)7-11)5-6-23-20-25-17(22)14-18(26-20)27(9-24-14)19-16(30)15(29)13(8-28)31-19/h3,9,11-13,15-16,19,28-30H,4-8H2,1-2H3,(H3,22,23,25,26)/t11?,12-,13-,15-,16-,19-/m1/s1. The van der Waals surface area contributed by atoms with Crippen molar-refractivity contribution in [3.8, 4) is 0 Å². The van der Waals surface area contributed by atoms with Crippen molar-refractivity contribution >= 4 is 22.9 Å². The second-order valence-corrected chi connectivity index (χ2v) is 9.48. The van der Waals surface area contributed by atoms with Gasteiger partial charge < -0.3 is 31.1 Å². The lowest BCUT2D eigenvalue weighted by Gasteiger charge is -2.56. The molecule has 1 unspecified atom stereocenters. The van der Waals surface area contributed by atoms with Crippen molar-refractivity contribution in [1.29, 1.82) is 0 Å². The number of nitrogen functional groups attached to an aromatic ring is 1. The van der Waals surface area contributed by atoms with Crippen molar-refractivity contribution in [2.75, 3.05) is 24.2 Å². The molecule has 2 bridgehead atoms. The fourth-order valence-electron chi connectivity index (χ4n) is 5.39. The highest BCUT2D eigenvalue weighted by Gasteiger charge is 2.50. The molecule has 2 aromatic heterocycles. The number of hydrogen-bond acceptors (Lipinski definition) is 9. The number of imidazole rings is 1. The highest BCUT2D eigenvalue weighted by molar-refractivity contribution is 5.83. The molecule has 0 spiro atoms. The summed E-state index contributed by atoms with van der Waals surface area (Å²) in [5.74, 6) is 2.07. The number of hydrogen-bond donors (Lipinski definition) is 5. The first-order chi connectivity index (χ1) is 14.8. The fourth-order valence-corrected chi connectivity index (χ4v) is 5.39. The molecule has 6 N–H and O–H groups in total. The maximum absolute atomic E-state index is 10.4. The van der Waals surface area contributed by atoms with Crippen molar-refractivity contribution in [1.82, 2.24) is 19.5 Å². The molecule has 10 heteroatoms. The topological polar surface area (TPSA) is 152 Å². The molecule has 3 heterocycles. The number of nitrogens with two attached hydrogens (primary N) is 1. The summed E-state index contributed by atoms with van der Waals surface area (Å²) in [5.41, 5.74) is 8.78. The predicted octanol–water partition coefficient (Wildman–Crippen LogP) is 0.814. The summed E-state index contributed by atoms with van der Waals surface area (Å²) in [6.45, 7) is 5.02. The van der Waals surface area contributed by atoms with E-state index < -0.39 is 31.1 Å². The summed E-state index contributed by atoms with van der Waals surface area (Å²) < 4.78 is 7.12. The Morgan fingerprint density at radius 2 is 2.10 bits per heavy atom. The van der Waals surface area contributed by atoms with Crippen LogP contribution in [0.1, 0.15) is 39.3 Å². The maximum atomic E-state index is 10.4. The first-order valence-electron chi connectivity index (χ1n) is 10.9. The summed E-state index contributed by atoms with van der Waals surface area (Å²) in [4.78, 5) is 13.1. The van der Waals surface area contributed by atoms with E-state index in [4.69, 9.17) is 10.5 Å². The van der Waals surface area contributed by atoms with Gasteiger partial charge in [-0.3, -0.25) is 4.57 Å². The van der Waals surface area contributed by atoms with E-state index in [0.717, 1.165) is 18.8 Å². The molecule has 6 rings (SSSR count). The van der Waals surface area contributed by atoms with E-state index in [0.29, 0.717) is 35.0 Å². The number of aliphatic hydroxyl groups excluding tert-OH is 3. The van der Waals surface area contributed by atoms with Gasteiger partial charge in [-0.25, -0.2) is 4.98 Å². The second-order valence-electron chi connectivity index (χ2n) is 9.48. The molecule has 2 aromatic rings. The zero-order valence-electron chi connectivity index (χ0n) is 17.8. The molecule has 3 aliphatic carbocycles. The number of aliphatic hydroxyl groups is 3. The normalized spacial score (nSPS) is 33.9. The van der Waals surface area contributed by atoms with Crippen LogP contribution in [-0.4, -0.2) is 66.3 Å². The van der Waals surface area contributed by atoms with E-state index in [9.17, 15) is 15.3 Å². The van der Waals surface area contributed by atoms with Crippen LogP contribution in [0.25, 0.3) is 11.2 Å². The van der Waals surface area contributed by atoms with Crippen LogP contribution in [0.3, 0.4) is 0 Å². The van der Waals surface area contributed by atoms with Gasteiger partial charge in [-0.15, -0.1) is 0 Å². The van der Waals surface area contributed by atoms with E-state index in [1.54, 1.807) is 0 Å². The van der Waals surface area contributed by atoms with Crippen molar-refractivity contribution in [2.24, 2.45) is 17.3 Å². The maximum Gasteiger partial charge on any atom is 0.226 e. The van der Waals surface area contributed by atoms with Crippen molar-refractivity contribution < 1.29 is 20.1 Å². The minimum atomic E-state index is -1.23. The third-order valence-electron chi connectivity index (χ3n) is 7.52. The molecule has 1 saturated carbocycles. The molecule has 0 radical (unpaired) electrons. The smallest absolute Gasteiger partial charge is 0.226 e. The van der Waals surface area contributed by atoms with Gasteiger partial charge in [0.05, 0.1) is 12.9 Å². The van der Waals surface area contributed by atoms with Crippen LogP contribution >= 0.6 is 0 Å². The number of fused-ring (bicyclic) bond motifs is 2. The van der Waals surface area contributed by atoms with Gasteiger partial charge in [0.2, 0.25) is 5.95 Å². The molecular formula is C21H30N6O4. The molecule has 0 aromatic carbocycles. The monoisotopic (exact) mass is 430 g/mol. The van der Waals surface area contributed by atoms with Crippen LogP contribution in [0.5, 0.6) is 0 Å². The van der Waals surface area contributed by atoms with Crippen molar-refractivity contribution in [2.45, 2.75) is 57.6 Å². The minimum Gasteiger partial charge on any atom is -0.394 e. The second kappa shape index (κ2) is 7.40. The highest BCUT2D eigenvalue weighted by atomic mass is 16.6. The fraction of sp³-hybridized carbons (Fsp3) is 0.667. The van der Waals surface area contributed by atoms with Crippen LogP contribution < -0.4 is 11.1 Å². The molecular weight excluding hydrogens is 400 g/mol. The lowest BCUT2D eigenvalue weighted by molar-refractivity contribution is -0.0511. The average Bonchev–Trinajstić information content (AvgIpc) is 3.29. The van der Waals surface area contributed by atoms with Gasteiger partial charge >= 0.3 is 0 Å². The lowest BCUT2D eigenvalue weighted by Crippen LogP contribution is -2.48. The summed E-state index contributed by atoms with van der Waals surface area (Å²) in [6, 6.07) is 0. The van der Waals surface area contributed by atoms with E-state index in [2.05, 4.69) is 40.2 Å². The Hall–Kier alpha value is -2.27. The molecule has 1 saturated heterocycles. The molecule has 168 valence electrons. The number of allylic oxidation sites excluding steroid dienone is 1. The first-order valence-corrected chi connectivity index (χ1v) is 10.9. The number of anilines is 2. The van der Waals surface area contributed by atoms with Crippen molar-refractivity contribution in [3.63, 3.8) is 0 Å². The van der Waals surface area contributed by atoms with Crippen LogP contribution in [0.4, 0.5) is 11.8 Å². The number of nitrogens with one attached hydrogen (secondary N) is 1. The molecule has 10 nitrogen and oxygen atoms in total. The number of aromatic nitrogens is 4. The van der Waals surface area contributed by atoms with Crippen LogP contribution in [-0.2, 0) is 4.74 Å². The number of ether oxygens (including phenoxy) is 1. The largest absolute Gasteiger partial charge is 0.394 e. The van der Waals surface area contributed by atoms with Crippen molar-refractivity contribution in [3.05, 3.63) is 18.0 Å². The molecule has 2 fully saturated rings. The molecule has 4 aliphatic rings. The number of rotatable bonds is 6. The van der Waals surface area contributed by atoms with E-state index in [1.165, 1.54) is 22.9 Å². The number of nitrogens with zero attached hydrogens (tertiary/aromatic N) is 4. The van der Waals surface area contributed by atoms with Crippen LogP contribution in [0.2, 0.25) is 0 Å². The Labute approximate surface area is 180 Å². The molecule has 6 atom stereocenters. The van der Waals surface area contributed by atoms with E-state index >= 15 is 0 Å². The summed E-state index contributed by atoms with van der Waals surface area (Å²) in [6.07, 6.45) is 2.97. The Morgan fingerprint density at radius 3 is 2.77 bits per heavy atom. The Balaban J connectivity index is 1.33. The van der Waals surface area contributed by atoms with Gasteiger partial charge in [0, 0.05) is 6.54 Å². The van der Waals surface area contributed by atoms with E-state index in [-0.39, 0.29) is 5.82 Å². The zero-order chi connectivity index (χ0) is 21.9. The molecule has 31 heavy (non-hydrogen) atoms. The average molecular weight is 431 g/mol. The predicted molar refractivity (Wildman–Crippen MR) is 114 cm³/mol. The van der Waals surface area contributed by atoms with Gasteiger partial charge in [0.15, 0.2) is 17.7 Å². The summed E-state index contributed by atoms with van der Waals surface area (Å²) >= 11 is 0. The Kier molecular flexibility index (Phi) is 4.93. The Bertz CT molecular complexity index is 1020. The lowest BCUT2D eigenvalue weighted by atomic mass is 9.48. The third kappa shape index (κ3) is 3.20. The first kappa shape index (κ1) is 20.6. The molecule has 0 amide bonds. The zero-order valence-corrected chi connectivity index (χ0v) is 17.8. The summed E-state index contributed by atoms with van der Waals surface area (Å²) in [5, 5.41) is 33.0. The molecule has 1 aliphatic heterocycles. The van der Waals surface area contributed by atoms with Crippen LogP contribution in [0.15, 0.2) is 18.0 Å². The van der Waals surface area contributed by atoms with Gasteiger partial charge in [0.25, 0.3) is 0 Å². The van der Waals surface area contributed by atoms with Gasteiger partial charge in [0.1, 0.15) is 23.8 Å². The Morgan fingerprint density at radius 1 is 1.29 bits per heavy atom. The van der Waals surface area contributed by atoms with Gasteiger partial charge in [-0.2, -0.15) is 9.97 Å². The minimum absolute atomic E-state index is 0.220. The quantitative estimate of drug-likeness (QED) is 0.419. The highest BCUT2D eigenvalue weighted by Crippen LogP contribution is 2.59. The summed E-state index contributed by atoms with van der Waals surface area (Å²) in [7, 11) is 0.